The van der Waals surface area contributed by atoms with Gasteiger partial charge in [-0.1, -0.05) is 24.3 Å². The van der Waals surface area contributed by atoms with Crippen LogP contribution in [0.2, 0.25) is 0 Å². The van der Waals surface area contributed by atoms with E-state index in [0.717, 1.165) is 0 Å². The molecule has 4 rings (SSSR count). The van der Waals surface area contributed by atoms with Crippen LogP contribution < -0.4 is 31.6 Å². The first-order chi connectivity index (χ1) is 12.2. The number of carbonyl (C=O) groups excluding carboxylic acids is 2. The molecule has 0 radical (unpaired) electrons. The van der Waals surface area contributed by atoms with Crippen molar-refractivity contribution in [3.63, 3.8) is 0 Å². The Balaban J connectivity index is 0.000000187. The van der Waals surface area contributed by atoms with Gasteiger partial charge in [-0.15, -0.1) is 25.3 Å². The Morgan fingerprint density at radius 3 is 1.07 bits per heavy atom. The number of carbonyl (C=O) groups is 2. The van der Waals surface area contributed by atoms with Gasteiger partial charge in [-0.25, -0.2) is 20.0 Å². The maximum absolute atomic E-state index is 10.6. The largest absolute Gasteiger partial charge is 2.00 e. The number of nitrogens with zero attached hydrogens (tertiary/aromatic N) is 4. The molecule has 0 atom stereocenters. The Hall–Kier alpha value is -2.10. The van der Waals surface area contributed by atoms with Crippen molar-refractivity contribution in [3.8, 4) is 0 Å². The zero-order valence-corrected chi connectivity index (χ0v) is 18.4. The van der Waals surface area contributed by atoms with Crippen LogP contribution in [0.5, 0.6) is 0 Å². The van der Waals surface area contributed by atoms with Crippen molar-refractivity contribution in [1.29, 1.82) is 0 Å². The van der Waals surface area contributed by atoms with Gasteiger partial charge in [0.1, 0.15) is 11.9 Å². The molecule has 0 saturated heterocycles. The summed E-state index contributed by atoms with van der Waals surface area (Å²) in [7, 11) is 0. The first-order valence-electron chi connectivity index (χ1n) is 7.21. The third-order valence-corrected chi connectivity index (χ3v) is 4.18. The van der Waals surface area contributed by atoms with E-state index in [1.165, 1.54) is 0 Å². The quantitative estimate of drug-likeness (QED) is 0.363. The number of para-hydroxylation sites is 4. The summed E-state index contributed by atoms with van der Waals surface area (Å²) >= 11 is 7.65. The number of carboxylic acids is 2. The number of hydrogen-bond donors (Lipinski definition) is 2. The molecule has 2 aromatic carbocycles. The molecular weight excluding hydrogens is 442 g/mol. The van der Waals surface area contributed by atoms with E-state index in [1.807, 2.05) is 0 Å². The zero-order chi connectivity index (χ0) is 18.9. The molecule has 0 amide bonds. The summed E-state index contributed by atoms with van der Waals surface area (Å²) in [4.78, 5) is 33.0. The van der Waals surface area contributed by atoms with Crippen molar-refractivity contribution in [2.45, 2.75) is 9.99 Å². The second-order valence-electron chi connectivity index (χ2n) is 5.27. The predicted octanol–water partition coefficient (Wildman–Crippen LogP) is -3.46. The molecule has 2 heterocycles. The summed E-state index contributed by atoms with van der Waals surface area (Å²) < 4.78 is 0. The molecule has 2 aliphatic rings. The van der Waals surface area contributed by atoms with E-state index < -0.39 is 21.9 Å². The molecule has 0 aliphatic carbocycles. The molecule has 8 nitrogen and oxygen atoms in total. The van der Waals surface area contributed by atoms with Crippen LogP contribution in [-0.2, 0) is 29.1 Å². The summed E-state index contributed by atoms with van der Waals surface area (Å²) in [5.41, 5.74) is 0. The van der Waals surface area contributed by atoms with Gasteiger partial charge in [-0.2, -0.15) is 0 Å². The van der Waals surface area contributed by atoms with E-state index >= 15 is 0 Å². The van der Waals surface area contributed by atoms with Crippen LogP contribution in [0.1, 0.15) is 0 Å². The molecule has 11 heteroatoms. The topological polar surface area (TPSA) is 130 Å². The maximum Gasteiger partial charge on any atom is 2.00 e. The average Bonchev–Trinajstić information content (AvgIpc) is 3.12. The minimum absolute atomic E-state index is 0. The molecule has 0 saturated carbocycles. The van der Waals surface area contributed by atoms with Crippen molar-refractivity contribution < 1.29 is 39.3 Å². The van der Waals surface area contributed by atoms with Gasteiger partial charge in [0.25, 0.3) is 0 Å². The van der Waals surface area contributed by atoms with Gasteiger partial charge in [0.15, 0.2) is 0 Å². The fourth-order valence-corrected chi connectivity index (χ4v) is 2.64. The van der Waals surface area contributed by atoms with Gasteiger partial charge in [-0.3, -0.25) is 0 Å². The van der Waals surface area contributed by atoms with Gasteiger partial charge < -0.3 is 19.8 Å². The number of fused-ring (bicyclic) bond motifs is 2. The Morgan fingerprint density at radius 2 is 0.889 bits per heavy atom. The van der Waals surface area contributed by atoms with Crippen LogP contribution in [0.15, 0.2) is 68.5 Å². The minimum atomic E-state index is -1.75. The first kappa shape index (κ1) is 21.2. The summed E-state index contributed by atoms with van der Waals surface area (Å²) in [5.74, 6) is -2.82. The number of carboxylic acid groups (broad SMARTS) is 2. The average molecular weight is 452 g/mol. The molecule has 27 heavy (non-hydrogen) atoms. The molecular formula is C16H10N4O4S2Zn. The van der Waals surface area contributed by atoms with Gasteiger partial charge >= 0.3 is 19.5 Å². The van der Waals surface area contributed by atoms with E-state index in [2.05, 4.69) is 45.2 Å². The van der Waals surface area contributed by atoms with Crippen LogP contribution in [0.4, 0.5) is 0 Å². The van der Waals surface area contributed by atoms with Crippen molar-refractivity contribution in [2.24, 2.45) is 20.0 Å². The molecule has 132 valence electrons. The monoisotopic (exact) mass is 450 g/mol. The van der Waals surface area contributed by atoms with Crippen molar-refractivity contribution >= 4 is 37.2 Å². The van der Waals surface area contributed by atoms with Crippen molar-refractivity contribution in [3.05, 3.63) is 70.0 Å². The Bertz CT molecular complexity index is 994. The van der Waals surface area contributed by atoms with E-state index in [1.54, 1.807) is 48.5 Å². The molecule has 0 fully saturated rings. The van der Waals surface area contributed by atoms with Crippen LogP contribution >= 0.6 is 25.3 Å². The number of thiol groups is 2. The second kappa shape index (κ2) is 7.87. The van der Waals surface area contributed by atoms with E-state index in [9.17, 15) is 19.8 Å². The molecule has 2 aromatic rings. The van der Waals surface area contributed by atoms with Gasteiger partial charge in [-0.05, 0) is 24.3 Å². The molecule has 0 unspecified atom stereocenters. The van der Waals surface area contributed by atoms with Gasteiger partial charge in [0.05, 0.1) is 21.4 Å². The van der Waals surface area contributed by atoms with Gasteiger partial charge in [0.2, 0.25) is 9.99 Å². The zero-order valence-electron chi connectivity index (χ0n) is 13.6. The van der Waals surface area contributed by atoms with Gasteiger partial charge in [0, 0.05) is 0 Å². The standard InChI is InChI=1S/2C8H6N2O2S.Zn/c2*11-7(12)8(13)9-5-3-1-2-4-6(5)10-8;/h2*1-4,13H,(H,11,12);/q;;+2/p-2. The SMILES string of the molecule is O=C([O-])C1(S)N=c2ccccc2=N1.O=C([O-])C1(S)N=c2ccccc2=N1.[Zn+2]. The fourth-order valence-electron chi connectivity index (χ4n) is 2.21. The van der Waals surface area contributed by atoms with Crippen molar-refractivity contribution in [2.75, 3.05) is 0 Å². The van der Waals surface area contributed by atoms with E-state index in [4.69, 9.17) is 0 Å². The summed E-state index contributed by atoms with van der Waals surface area (Å²) in [5, 5.41) is 23.4. The number of rotatable bonds is 2. The van der Waals surface area contributed by atoms with Crippen LogP contribution in [0, 0.1) is 0 Å². The normalized spacial score (nSPS) is 16.4. The Morgan fingerprint density at radius 1 is 0.667 bits per heavy atom. The number of benzene rings is 2. The van der Waals surface area contributed by atoms with Crippen molar-refractivity contribution in [1.82, 2.24) is 0 Å². The Labute approximate surface area is 176 Å². The molecule has 2 aliphatic heterocycles. The fraction of sp³-hybridized carbons (Fsp3) is 0.125. The molecule has 0 aromatic heterocycles. The third kappa shape index (κ3) is 4.26. The number of aliphatic carboxylic acids is 2. The summed E-state index contributed by atoms with van der Waals surface area (Å²) in [6, 6.07) is 13.7. The second-order valence-corrected chi connectivity index (χ2v) is 6.52. The minimum Gasteiger partial charge on any atom is -0.544 e. The maximum atomic E-state index is 10.6. The smallest absolute Gasteiger partial charge is 0.544 e. The molecule has 0 N–H and O–H groups in total. The summed E-state index contributed by atoms with van der Waals surface area (Å²) in [6.07, 6.45) is 0. The Kier molecular flexibility index (Phi) is 6.18. The van der Waals surface area contributed by atoms with Crippen LogP contribution in [0.3, 0.4) is 0 Å². The molecule has 0 spiro atoms. The third-order valence-electron chi connectivity index (χ3n) is 3.42. The predicted molar refractivity (Wildman–Crippen MR) is 91.0 cm³/mol. The van der Waals surface area contributed by atoms with E-state index in [-0.39, 0.29) is 19.5 Å². The number of hydrogen-bond acceptors (Lipinski definition) is 10. The van der Waals surface area contributed by atoms with Crippen LogP contribution in [0.25, 0.3) is 0 Å². The first-order valence-corrected chi connectivity index (χ1v) is 8.10. The van der Waals surface area contributed by atoms with E-state index in [0.29, 0.717) is 21.4 Å². The van der Waals surface area contributed by atoms with Crippen LogP contribution in [-0.4, -0.2) is 21.9 Å². The molecule has 0 bridgehead atoms. The summed E-state index contributed by atoms with van der Waals surface area (Å²) in [6.45, 7) is 0.